The van der Waals surface area contributed by atoms with Crippen molar-refractivity contribution in [3.05, 3.63) is 48.0 Å². The van der Waals surface area contributed by atoms with Gasteiger partial charge in [-0.05, 0) is 36.5 Å². The molecule has 1 aromatic heterocycles. The first-order valence-corrected chi connectivity index (χ1v) is 8.87. The molecule has 1 fully saturated rings. The number of amides is 1. The lowest BCUT2D eigenvalue weighted by atomic mass is 9.80. The first kappa shape index (κ1) is 15.9. The van der Waals surface area contributed by atoms with Crippen LogP contribution < -0.4 is 10.2 Å². The van der Waals surface area contributed by atoms with Gasteiger partial charge in [0.15, 0.2) is 0 Å². The average Bonchev–Trinajstić information content (AvgIpc) is 3.41. The van der Waals surface area contributed by atoms with Crippen molar-refractivity contribution >= 4 is 17.4 Å². The van der Waals surface area contributed by atoms with Crippen molar-refractivity contribution in [2.45, 2.75) is 38.8 Å². The van der Waals surface area contributed by atoms with Crippen LogP contribution in [-0.4, -0.2) is 22.0 Å². The van der Waals surface area contributed by atoms with E-state index in [0.29, 0.717) is 11.7 Å². The molecule has 2 aromatic rings. The molecular weight excluding hydrogens is 314 g/mol. The van der Waals surface area contributed by atoms with E-state index in [2.05, 4.69) is 23.3 Å². The molecule has 1 amide bonds. The number of carbonyl (C=O) groups is 1. The molecule has 2 heterocycles. The maximum absolute atomic E-state index is 12.4. The summed E-state index contributed by atoms with van der Waals surface area (Å²) in [5.41, 5.74) is 2.09. The summed E-state index contributed by atoms with van der Waals surface area (Å²) in [5.74, 6) is 1.57. The quantitative estimate of drug-likeness (QED) is 0.896. The predicted octanol–water partition coefficient (Wildman–Crippen LogP) is 3.72. The summed E-state index contributed by atoms with van der Waals surface area (Å²) in [4.78, 5) is 18.6. The van der Waals surface area contributed by atoms with Crippen molar-refractivity contribution in [2.75, 3.05) is 10.2 Å². The normalized spacial score (nSPS) is 25.4. The number of aromatic hydroxyl groups is 1. The Morgan fingerprint density at radius 1 is 1.20 bits per heavy atom. The van der Waals surface area contributed by atoms with E-state index >= 15 is 0 Å². The number of carbonyl (C=O) groups excluding carboxylic acids is 1. The lowest BCUT2D eigenvalue weighted by Gasteiger charge is -2.45. The predicted molar refractivity (Wildman–Crippen MR) is 97.5 cm³/mol. The van der Waals surface area contributed by atoms with Gasteiger partial charge in [-0.25, -0.2) is 0 Å². The summed E-state index contributed by atoms with van der Waals surface area (Å²) in [6.07, 6.45) is 2.36. The van der Waals surface area contributed by atoms with E-state index in [1.807, 2.05) is 29.2 Å². The topological polar surface area (TPSA) is 65.5 Å². The summed E-state index contributed by atoms with van der Waals surface area (Å²) in [7, 11) is 0. The highest BCUT2D eigenvalue weighted by molar-refractivity contribution is 5.94. The number of nitrogens with zero attached hydrogens (tertiary/aromatic N) is 2. The van der Waals surface area contributed by atoms with Crippen LogP contribution in [0.5, 0.6) is 5.88 Å². The van der Waals surface area contributed by atoms with Crippen LogP contribution in [0.25, 0.3) is 0 Å². The first-order chi connectivity index (χ1) is 12.1. The summed E-state index contributed by atoms with van der Waals surface area (Å²) < 4.78 is 0. The van der Waals surface area contributed by atoms with Crippen LogP contribution in [0.2, 0.25) is 0 Å². The molecule has 1 aliphatic carbocycles. The maximum atomic E-state index is 12.4. The minimum absolute atomic E-state index is 0.00542. The van der Waals surface area contributed by atoms with Gasteiger partial charge in [-0.2, -0.15) is 4.98 Å². The molecule has 5 nitrogen and oxygen atoms in total. The van der Waals surface area contributed by atoms with E-state index in [0.717, 1.165) is 11.3 Å². The number of fused-ring (bicyclic) bond motifs is 1. The molecule has 5 heteroatoms. The van der Waals surface area contributed by atoms with Crippen LogP contribution in [0.3, 0.4) is 0 Å². The molecule has 0 unspecified atom stereocenters. The van der Waals surface area contributed by atoms with Gasteiger partial charge in [0.25, 0.3) is 0 Å². The fraction of sp³-hybridized carbons (Fsp3) is 0.400. The zero-order valence-corrected chi connectivity index (χ0v) is 14.5. The molecular formula is C20H23N3O2. The number of para-hydroxylation sites is 1. The molecule has 2 aliphatic rings. The van der Waals surface area contributed by atoms with Gasteiger partial charge in [0.2, 0.25) is 11.8 Å². The number of nitrogens with one attached hydrogen (secondary N) is 1. The molecule has 1 aromatic carbocycles. The van der Waals surface area contributed by atoms with Crippen LogP contribution in [-0.2, 0) is 4.79 Å². The standard InChI is InChI=1S/C20H23N3O2/c1-12-19(22-17-8-5-9-18(25)21-17)15-6-3-4-7-16(15)23(13(2)24)20(12)14-10-11-14/h3-9,12,14,19-20H,10-11H2,1-2H3,(H2,21,22,25)/t12-,19-,20-/m1/s1. The minimum atomic E-state index is 0.00542. The highest BCUT2D eigenvalue weighted by Crippen LogP contribution is 2.49. The number of anilines is 2. The van der Waals surface area contributed by atoms with E-state index < -0.39 is 0 Å². The van der Waals surface area contributed by atoms with Crippen LogP contribution in [0, 0.1) is 11.8 Å². The Labute approximate surface area is 147 Å². The fourth-order valence-electron chi connectivity index (χ4n) is 4.18. The van der Waals surface area contributed by atoms with Gasteiger partial charge >= 0.3 is 0 Å². The number of hydrogen-bond acceptors (Lipinski definition) is 4. The lowest BCUT2D eigenvalue weighted by Crippen LogP contribution is -2.51. The number of aromatic nitrogens is 1. The second-order valence-electron chi connectivity index (χ2n) is 7.14. The van der Waals surface area contributed by atoms with Crippen LogP contribution in [0.15, 0.2) is 42.5 Å². The van der Waals surface area contributed by atoms with Crippen molar-refractivity contribution < 1.29 is 9.90 Å². The maximum Gasteiger partial charge on any atom is 0.224 e. The van der Waals surface area contributed by atoms with Gasteiger partial charge in [-0.1, -0.05) is 31.2 Å². The molecule has 0 radical (unpaired) electrons. The molecule has 25 heavy (non-hydrogen) atoms. The zero-order valence-electron chi connectivity index (χ0n) is 14.5. The smallest absolute Gasteiger partial charge is 0.224 e. The number of hydrogen-bond donors (Lipinski definition) is 2. The Morgan fingerprint density at radius 2 is 1.96 bits per heavy atom. The molecule has 0 bridgehead atoms. The first-order valence-electron chi connectivity index (χ1n) is 8.87. The largest absolute Gasteiger partial charge is 0.493 e. The van der Waals surface area contributed by atoms with Gasteiger partial charge in [-0.3, -0.25) is 4.79 Å². The molecule has 1 saturated carbocycles. The number of benzene rings is 1. The molecule has 130 valence electrons. The van der Waals surface area contributed by atoms with Crippen molar-refractivity contribution in [1.29, 1.82) is 0 Å². The van der Waals surface area contributed by atoms with Gasteiger partial charge in [0, 0.05) is 30.6 Å². The monoisotopic (exact) mass is 337 g/mol. The van der Waals surface area contributed by atoms with E-state index in [1.54, 1.807) is 19.1 Å². The zero-order chi connectivity index (χ0) is 17.6. The van der Waals surface area contributed by atoms with E-state index in [9.17, 15) is 9.90 Å². The molecule has 3 atom stereocenters. The summed E-state index contributed by atoms with van der Waals surface area (Å²) in [5, 5.41) is 13.2. The molecule has 0 saturated heterocycles. The highest BCUT2D eigenvalue weighted by atomic mass is 16.3. The van der Waals surface area contributed by atoms with Crippen molar-refractivity contribution in [3.63, 3.8) is 0 Å². The third-order valence-electron chi connectivity index (χ3n) is 5.38. The Balaban J connectivity index is 1.77. The van der Waals surface area contributed by atoms with Crippen LogP contribution in [0.1, 0.15) is 38.3 Å². The fourth-order valence-corrected chi connectivity index (χ4v) is 4.18. The van der Waals surface area contributed by atoms with E-state index in [1.165, 1.54) is 12.8 Å². The molecule has 0 spiro atoms. The lowest BCUT2D eigenvalue weighted by molar-refractivity contribution is -0.117. The SMILES string of the molecule is CC(=O)N1c2ccccc2[C@H](Nc2cccc(O)n2)[C@@H](C)[C@@H]1C1CC1. The van der Waals surface area contributed by atoms with Gasteiger partial charge in [0.1, 0.15) is 5.82 Å². The van der Waals surface area contributed by atoms with Gasteiger partial charge in [-0.15, -0.1) is 0 Å². The molecule has 4 rings (SSSR count). The van der Waals surface area contributed by atoms with Crippen molar-refractivity contribution in [1.82, 2.24) is 4.98 Å². The number of pyridine rings is 1. The number of rotatable bonds is 3. The van der Waals surface area contributed by atoms with Gasteiger partial charge < -0.3 is 15.3 Å². The highest BCUT2D eigenvalue weighted by Gasteiger charge is 2.47. The Bertz CT molecular complexity index is 803. The third kappa shape index (κ3) is 2.84. The van der Waals surface area contributed by atoms with Crippen LogP contribution >= 0.6 is 0 Å². The second kappa shape index (κ2) is 6.06. The second-order valence-corrected chi connectivity index (χ2v) is 7.14. The Kier molecular flexibility index (Phi) is 3.86. The summed E-state index contributed by atoms with van der Waals surface area (Å²) in [6, 6.07) is 13.5. The Hall–Kier alpha value is -2.56. The summed E-state index contributed by atoms with van der Waals surface area (Å²) >= 11 is 0. The van der Waals surface area contributed by atoms with Crippen LogP contribution in [0.4, 0.5) is 11.5 Å². The Morgan fingerprint density at radius 3 is 2.64 bits per heavy atom. The third-order valence-corrected chi connectivity index (χ3v) is 5.38. The van der Waals surface area contributed by atoms with E-state index in [4.69, 9.17) is 0 Å². The molecule has 2 N–H and O–H groups in total. The van der Waals surface area contributed by atoms with Crippen molar-refractivity contribution in [3.8, 4) is 5.88 Å². The molecule has 1 aliphatic heterocycles. The van der Waals surface area contributed by atoms with Gasteiger partial charge in [0.05, 0.1) is 6.04 Å². The van der Waals surface area contributed by atoms with Crippen molar-refractivity contribution in [2.24, 2.45) is 11.8 Å². The van der Waals surface area contributed by atoms with E-state index in [-0.39, 0.29) is 29.8 Å². The minimum Gasteiger partial charge on any atom is -0.493 e. The summed E-state index contributed by atoms with van der Waals surface area (Å²) in [6.45, 7) is 3.86. The average molecular weight is 337 g/mol.